The van der Waals surface area contributed by atoms with Crippen molar-refractivity contribution in [2.45, 2.75) is 12.5 Å². The maximum absolute atomic E-state index is 10.7. The fourth-order valence-corrected chi connectivity index (χ4v) is 1.13. The molecule has 0 aliphatic carbocycles. The summed E-state index contributed by atoms with van der Waals surface area (Å²) in [5.74, 6) is -1.02. The number of carboxylic acid groups (broad SMARTS) is 1. The number of hydrogen-bond donors (Lipinski definition) is 2. The highest BCUT2D eigenvalue weighted by Crippen LogP contribution is 2.02. The van der Waals surface area contributed by atoms with Crippen LogP contribution in [0.3, 0.4) is 0 Å². The van der Waals surface area contributed by atoms with Crippen LogP contribution in [0.1, 0.15) is 5.56 Å². The van der Waals surface area contributed by atoms with Crippen molar-refractivity contribution in [2.24, 2.45) is 0 Å². The number of rotatable bonds is 4. The van der Waals surface area contributed by atoms with E-state index in [2.05, 4.69) is 5.32 Å². The summed E-state index contributed by atoms with van der Waals surface area (Å²) in [5, 5.41) is 19.3. The molecule has 0 amide bonds. The maximum atomic E-state index is 10.7. The molecule has 0 fully saturated rings. The van der Waals surface area contributed by atoms with E-state index in [1.54, 1.807) is 6.19 Å². The van der Waals surface area contributed by atoms with Crippen LogP contribution in [0.25, 0.3) is 0 Å². The zero-order chi connectivity index (χ0) is 10.4. The van der Waals surface area contributed by atoms with Gasteiger partial charge in [-0.3, -0.25) is 0 Å². The molecule has 0 unspecified atom stereocenters. The van der Waals surface area contributed by atoms with E-state index in [4.69, 9.17) is 10.4 Å². The number of aliphatic carboxylic acids is 1. The summed E-state index contributed by atoms with van der Waals surface area (Å²) in [6.07, 6.45) is 1.95. The van der Waals surface area contributed by atoms with Crippen molar-refractivity contribution in [1.82, 2.24) is 5.32 Å². The maximum Gasteiger partial charge on any atom is 0.327 e. The minimum atomic E-state index is -1.02. The molecule has 0 aliphatic rings. The first-order chi connectivity index (χ1) is 6.74. The van der Waals surface area contributed by atoms with E-state index in [1.165, 1.54) is 0 Å². The Bertz CT molecular complexity index is 348. The summed E-state index contributed by atoms with van der Waals surface area (Å²) in [5.41, 5.74) is 0.891. The quantitative estimate of drug-likeness (QED) is 0.597. The second kappa shape index (κ2) is 6.68. The van der Waals surface area contributed by atoms with Crippen molar-refractivity contribution in [3.8, 4) is 6.19 Å². The number of hydrogen-bond acceptors (Lipinski definition) is 3. The van der Waals surface area contributed by atoms with Crippen LogP contribution in [0.4, 0.5) is 0 Å². The van der Waals surface area contributed by atoms with Gasteiger partial charge in [-0.05, 0) is 5.56 Å². The van der Waals surface area contributed by atoms with E-state index < -0.39 is 12.0 Å². The predicted octanol–water partition coefficient (Wildman–Crippen LogP) is 1.17. The molecule has 1 rings (SSSR count). The summed E-state index contributed by atoms with van der Waals surface area (Å²) in [6, 6.07) is 8.34. The molecule has 2 N–H and O–H groups in total. The van der Waals surface area contributed by atoms with Gasteiger partial charge in [0.25, 0.3) is 0 Å². The van der Waals surface area contributed by atoms with Crippen molar-refractivity contribution in [3.05, 3.63) is 35.9 Å². The Morgan fingerprint density at radius 1 is 1.47 bits per heavy atom. The lowest BCUT2D eigenvalue weighted by molar-refractivity contribution is -0.139. The fraction of sp³-hybridized carbons (Fsp3) is 0.200. The Morgan fingerprint density at radius 2 is 2.07 bits per heavy atom. The highest BCUT2D eigenvalue weighted by molar-refractivity contribution is 5.85. The third kappa shape index (κ3) is 4.34. The molecule has 5 heteroatoms. The first-order valence-electron chi connectivity index (χ1n) is 4.15. The van der Waals surface area contributed by atoms with Gasteiger partial charge in [-0.2, -0.15) is 5.26 Å². The highest BCUT2D eigenvalue weighted by Gasteiger charge is 2.16. The molecule has 0 aliphatic heterocycles. The molecular formula is C10H11ClN2O2. The topological polar surface area (TPSA) is 73.1 Å². The van der Waals surface area contributed by atoms with Crippen LogP contribution in [-0.4, -0.2) is 17.1 Å². The number of benzene rings is 1. The van der Waals surface area contributed by atoms with Gasteiger partial charge >= 0.3 is 5.97 Å². The largest absolute Gasteiger partial charge is 0.480 e. The van der Waals surface area contributed by atoms with Crippen LogP contribution < -0.4 is 5.32 Å². The van der Waals surface area contributed by atoms with Gasteiger partial charge in [0.1, 0.15) is 6.04 Å². The van der Waals surface area contributed by atoms with Crippen LogP contribution in [0, 0.1) is 11.5 Å². The summed E-state index contributed by atoms with van der Waals surface area (Å²) < 4.78 is 0. The minimum Gasteiger partial charge on any atom is -0.480 e. The van der Waals surface area contributed by atoms with Crippen molar-refractivity contribution < 1.29 is 9.90 Å². The number of carboxylic acids is 1. The Hall–Kier alpha value is -1.73. The second-order valence-corrected chi connectivity index (χ2v) is 2.84. The van der Waals surface area contributed by atoms with Crippen LogP contribution in [-0.2, 0) is 11.2 Å². The van der Waals surface area contributed by atoms with Gasteiger partial charge in [-0.15, -0.1) is 12.4 Å². The van der Waals surface area contributed by atoms with Gasteiger partial charge in [0.05, 0.1) is 0 Å². The predicted molar refractivity (Wildman–Crippen MR) is 57.6 cm³/mol. The zero-order valence-electron chi connectivity index (χ0n) is 7.88. The molecule has 15 heavy (non-hydrogen) atoms. The molecule has 1 aromatic rings. The average Bonchev–Trinajstić information content (AvgIpc) is 2.18. The third-order valence-electron chi connectivity index (χ3n) is 1.82. The standard InChI is InChI=1S/C10H10N2O2.ClH/c11-7-12-9(10(13)14)6-8-4-2-1-3-5-8;/h1-5,9,12H,6H2,(H,13,14);1H/t9-;/m0./s1. The molecule has 0 bridgehead atoms. The Kier molecular flexibility index (Phi) is 5.91. The average molecular weight is 227 g/mol. The lowest BCUT2D eigenvalue weighted by Crippen LogP contribution is -2.35. The first kappa shape index (κ1) is 13.3. The van der Waals surface area contributed by atoms with E-state index in [0.717, 1.165) is 5.56 Å². The van der Waals surface area contributed by atoms with Gasteiger partial charge in [0.2, 0.25) is 0 Å². The Morgan fingerprint density at radius 3 is 2.53 bits per heavy atom. The smallest absolute Gasteiger partial charge is 0.327 e. The molecule has 0 heterocycles. The molecule has 1 aromatic carbocycles. The van der Waals surface area contributed by atoms with E-state index in [9.17, 15) is 4.79 Å². The van der Waals surface area contributed by atoms with Crippen molar-refractivity contribution in [2.75, 3.05) is 0 Å². The summed E-state index contributed by atoms with van der Waals surface area (Å²) >= 11 is 0. The molecular weight excluding hydrogens is 216 g/mol. The van der Waals surface area contributed by atoms with E-state index in [1.807, 2.05) is 30.3 Å². The van der Waals surface area contributed by atoms with Crippen LogP contribution in [0.2, 0.25) is 0 Å². The molecule has 0 aromatic heterocycles. The first-order valence-corrected chi connectivity index (χ1v) is 4.15. The minimum absolute atomic E-state index is 0. The van der Waals surface area contributed by atoms with Crippen LogP contribution >= 0.6 is 12.4 Å². The number of nitriles is 1. The van der Waals surface area contributed by atoms with Crippen molar-refractivity contribution >= 4 is 18.4 Å². The van der Waals surface area contributed by atoms with Crippen molar-refractivity contribution in [1.29, 1.82) is 5.26 Å². The lowest BCUT2D eigenvalue weighted by Gasteiger charge is -2.09. The van der Waals surface area contributed by atoms with Gasteiger partial charge in [0.15, 0.2) is 6.19 Å². The highest BCUT2D eigenvalue weighted by atomic mass is 35.5. The number of carbonyl (C=O) groups is 1. The third-order valence-corrected chi connectivity index (χ3v) is 1.82. The van der Waals surface area contributed by atoms with Crippen LogP contribution in [0.5, 0.6) is 0 Å². The lowest BCUT2D eigenvalue weighted by atomic mass is 10.1. The normalized spacial score (nSPS) is 10.6. The summed E-state index contributed by atoms with van der Waals surface area (Å²) in [4.78, 5) is 10.7. The van der Waals surface area contributed by atoms with Gasteiger partial charge < -0.3 is 10.4 Å². The molecule has 0 radical (unpaired) electrons. The molecule has 80 valence electrons. The second-order valence-electron chi connectivity index (χ2n) is 2.84. The molecule has 0 saturated carbocycles. The zero-order valence-corrected chi connectivity index (χ0v) is 8.70. The van der Waals surface area contributed by atoms with Gasteiger partial charge in [0, 0.05) is 6.42 Å². The molecule has 0 saturated heterocycles. The van der Waals surface area contributed by atoms with E-state index in [0.29, 0.717) is 6.42 Å². The molecule has 4 nitrogen and oxygen atoms in total. The summed E-state index contributed by atoms with van der Waals surface area (Å²) in [7, 11) is 0. The number of halogens is 1. The van der Waals surface area contributed by atoms with Gasteiger partial charge in [-0.25, -0.2) is 4.79 Å². The number of nitrogens with one attached hydrogen (secondary N) is 1. The molecule has 0 spiro atoms. The van der Waals surface area contributed by atoms with Crippen molar-refractivity contribution in [3.63, 3.8) is 0 Å². The fourth-order valence-electron chi connectivity index (χ4n) is 1.13. The monoisotopic (exact) mass is 226 g/mol. The summed E-state index contributed by atoms with van der Waals surface area (Å²) in [6.45, 7) is 0. The van der Waals surface area contributed by atoms with E-state index >= 15 is 0 Å². The van der Waals surface area contributed by atoms with Crippen LogP contribution in [0.15, 0.2) is 30.3 Å². The molecule has 1 atom stereocenters. The SMILES string of the molecule is Cl.N#CN[C@@H](Cc1ccccc1)C(=O)O. The Labute approximate surface area is 93.9 Å². The van der Waals surface area contributed by atoms with E-state index in [-0.39, 0.29) is 12.4 Å². The Balaban J connectivity index is 0.00000196. The van der Waals surface area contributed by atoms with Gasteiger partial charge in [-0.1, -0.05) is 30.3 Å². The number of nitrogens with zero attached hydrogens (tertiary/aromatic N) is 1.